The predicted octanol–water partition coefficient (Wildman–Crippen LogP) is 2.57. The van der Waals surface area contributed by atoms with Crippen LogP contribution >= 0.6 is 0 Å². The summed E-state index contributed by atoms with van der Waals surface area (Å²) in [4.78, 5) is 21.8. The Kier molecular flexibility index (Phi) is 3.60. The minimum Gasteiger partial charge on any atom is -0.396 e. The van der Waals surface area contributed by atoms with Gasteiger partial charge in [-0.2, -0.15) is 0 Å². The van der Waals surface area contributed by atoms with Crippen molar-refractivity contribution in [3.8, 4) is 0 Å². The van der Waals surface area contributed by atoms with Gasteiger partial charge in [-0.3, -0.25) is 14.9 Å². The maximum absolute atomic E-state index is 13.2. The SMILES string of the molecule is Nc1ccc(C(=O)Nc2ccc([N+](=O)[O-])cc2)cc1F. The summed E-state index contributed by atoms with van der Waals surface area (Å²) < 4.78 is 13.2. The van der Waals surface area contributed by atoms with Crippen LogP contribution in [0.2, 0.25) is 0 Å². The zero-order valence-corrected chi connectivity index (χ0v) is 10.2. The maximum Gasteiger partial charge on any atom is 0.269 e. The highest BCUT2D eigenvalue weighted by molar-refractivity contribution is 6.04. The lowest BCUT2D eigenvalue weighted by molar-refractivity contribution is -0.384. The summed E-state index contributed by atoms with van der Waals surface area (Å²) in [5.41, 5.74) is 5.67. The Balaban J connectivity index is 2.14. The number of non-ortho nitro benzene ring substituents is 1. The molecule has 7 heteroatoms. The van der Waals surface area contributed by atoms with Gasteiger partial charge in [-0.05, 0) is 30.3 Å². The minimum absolute atomic E-state index is 0.0446. The third-order valence-corrected chi connectivity index (χ3v) is 2.60. The molecule has 2 aromatic carbocycles. The quantitative estimate of drug-likeness (QED) is 0.511. The van der Waals surface area contributed by atoms with Gasteiger partial charge in [-0.15, -0.1) is 0 Å². The first-order valence-electron chi connectivity index (χ1n) is 5.58. The highest BCUT2D eigenvalue weighted by Crippen LogP contribution is 2.17. The number of carbonyl (C=O) groups excluding carboxylic acids is 1. The molecule has 0 aliphatic rings. The number of amides is 1. The van der Waals surface area contributed by atoms with E-state index in [1.807, 2.05) is 0 Å². The number of anilines is 2. The van der Waals surface area contributed by atoms with E-state index in [1.165, 1.54) is 36.4 Å². The first-order valence-corrected chi connectivity index (χ1v) is 5.58. The molecule has 20 heavy (non-hydrogen) atoms. The van der Waals surface area contributed by atoms with Crippen molar-refractivity contribution in [3.05, 3.63) is 64.0 Å². The Hall–Kier alpha value is -2.96. The average Bonchev–Trinajstić information content (AvgIpc) is 2.42. The molecule has 0 atom stereocenters. The summed E-state index contributed by atoms with van der Waals surface area (Å²) >= 11 is 0. The second kappa shape index (κ2) is 5.35. The number of nitrogens with two attached hydrogens (primary N) is 1. The molecule has 0 fully saturated rings. The smallest absolute Gasteiger partial charge is 0.269 e. The van der Waals surface area contributed by atoms with E-state index in [0.29, 0.717) is 5.69 Å². The van der Waals surface area contributed by atoms with Crippen molar-refractivity contribution in [3.63, 3.8) is 0 Å². The molecule has 0 bridgehead atoms. The van der Waals surface area contributed by atoms with Gasteiger partial charge < -0.3 is 11.1 Å². The molecule has 0 radical (unpaired) electrons. The van der Waals surface area contributed by atoms with E-state index in [9.17, 15) is 19.3 Å². The highest BCUT2D eigenvalue weighted by atomic mass is 19.1. The summed E-state index contributed by atoms with van der Waals surface area (Å²) in [7, 11) is 0. The molecule has 3 N–H and O–H groups in total. The van der Waals surface area contributed by atoms with E-state index >= 15 is 0 Å². The van der Waals surface area contributed by atoms with Crippen LogP contribution in [-0.2, 0) is 0 Å². The minimum atomic E-state index is -0.679. The first kappa shape index (κ1) is 13.5. The molecule has 0 aliphatic heterocycles. The molecule has 0 heterocycles. The van der Waals surface area contributed by atoms with Gasteiger partial charge in [0.25, 0.3) is 11.6 Å². The van der Waals surface area contributed by atoms with Crippen LogP contribution in [0.3, 0.4) is 0 Å². The van der Waals surface area contributed by atoms with Crippen molar-refractivity contribution < 1.29 is 14.1 Å². The van der Waals surface area contributed by atoms with Gasteiger partial charge in [-0.1, -0.05) is 0 Å². The van der Waals surface area contributed by atoms with Crippen LogP contribution < -0.4 is 11.1 Å². The number of nitrogens with zero attached hydrogens (tertiary/aromatic N) is 1. The number of nitro groups is 1. The summed E-state index contributed by atoms with van der Waals surface area (Å²) in [5, 5.41) is 13.0. The number of rotatable bonds is 3. The Morgan fingerprint density at radius 2 is 1.85 bits per heavy atom. The number of hydrogen-bond donors (Lipinski definition) is 2. The first-order chi connectivity index (χ1) is 9.47. The Morgan fingerprint density at radius 3 is 2.40 bits per heavy atom. The lowest BCUT2D eigenvalue weighted by Crippen LogP contribution is -2.12. The van der Waals surface area contributed by atoms with Gasteiger partial charge >= 0.3 is 0 Å². The van der Waals surface area contributed by atoms with Crippen LogP contribution in [0.4, 0.5) is 21.5 Å². The number of nitrogen functional groups attached to an aromatic ring is 1. The fourth-order valence-corrected chi connectivity index (χ4v) is 1.54. The van der Waals surface area contributed by atoms with Crippen molar-refractivity contribution >= 4 is 23.0 Å². The molecular weight excluding hydrogens is 265 g/mol. The average molecular weight is 275 g/mol. The molecule has 0 spiro atoms. The van der Waals surface area contributed by atoms with Crippen LogP contribution in [0.25, 0.3) is 0 Å². The Morgan fingerprint density at radius 1 is 1.20 bits per heavy atom. The fourth-order valence-electron chi connectivity index (χ4n) is 1.54. The van der Waals surface area contributed by atoms with Gasteiger partial charge in [0, 0.05) is 23.4 Å². The largest absolute Gasteiger partial charge is 0.396 e. The molecule has 0 aromatic heterocycles. The van der Waals surface area contributed by atoms with E-state index in [2.05, 4.69) is 5.32 Å². The van der Waals surface area contributed by atoms with Gasteiger partial charge in [0.15, 0.2) is 0 Å². The highest BCUT2D eigenvalue weighted by Gasteiger charge is 2.10. The number of nitro benzene ring substituents is 1. The lowest BCUT2D eigenvalue weighted by atomic mass is 10.2. The van der Waals surface area contributed by atoms with Gasteiger partial charge in [-0.25, -0.2) is 4.39 Å². The van der Waals surface area contributed by atoms with E-state index < -0.39 is 16.6 Å². The molecule has 2 rings (SSSR count). The van der Waals surface area contributed by atoms with Gasteiger partial charge in [0.1, 0.15) is 5.82 Å². The molecule has 1 amide bonds. The second-order valence-electron chi connectivity index (χ2n) is 3.99. The van der Waals surface area contributed by atoms with Crippen LogP contribution in [0, 0.1) is 15.9 Å². The van der Waals surface area contributed by atoms with Gasteiger partial charge in [0.2, 0.25) is 0 Å². The third-order valence-electron chi connectivity index (χ3n) is 2.60. The molecule has 2 aromatic rings. The number of nitrogens with one attached hydrogen (secondary N) is 1. The third kappa shape index (κ3) is 2.89. The molecule has 0 aliphatic carbocycles. The lowest BCUT2D eigenvalue weighted by Gasteiger charge is -2.06. The van der Waals surface area contributed by atoms with E-state index in [-0.39, 0.29) is 16.9 Å². The van der Waals surface area contributed by atoms with Crippen LogP contribution in [-0.4, -0.2) is 10.8 Å². The Bertz CT molecular complexity index is 671. The number of halogens is 1. The predicted molar refractivity (Wildman–Crippen MR) is 71.9 cm³/mol. The summed E-state index contributed by atoms with van der Waals surface area (Å²) in [6.45, 7) is 0. The van der Waals surface area contributed by atoms with Crippen molar-refractivity contribution in [1.82, 2.24) is 0 Å². The van der Waals surface area contributed by atoms with E-state index in [4.69, 9.17) is 5.73 Å². The summed E-state index contributed by atoms with van der Waals surface area (Å²) in [6.07, 6.45) is 0. The second-order valence-corrected chi connectivity index (χ2v) is 3.99. The van der Waals surface area contributed by atoms with Crippen LogP contribution in [0.1, 0.15) is 10.4 Å². The summed E-state index contributed by atoms with van der Waals surface area (Å²) in [6, 6.07) is 9.01. The Labute approximate surface area is 113 Å². The van der Waals surface area contributed by atoms with Crippen molar-refractivity contribution in [1.29, 1.82) is 0 Å². The zero-order valence-electron chi connectivity index (χ0n) is 10.2. The number of benzene rings is 2. The standard InChI is InChI=1S/C13H10FN3O3/c14-11-7-8(1-6-12(11)15)13(18)16-9-2-4-10(5-3-9)17(19)20/h1-7H,15H2,(H,16,18). The normalized spacial score (nSPS) is 10.1. The van der Waals surface area contributed by atoms with Gasteiger partial charge in [0.05, 0.1) is 10.6 Å². The molecule has 0 saturated heterocycles. The van der Waals surface area contributed by atoms with Crippen molar-refractivity contribution in [2.24, 2.45) is 0 Å². The molecule has 6 nitrogen and oxygen atoms in total. The monoisotopic (exact) mass is 275 g/mol. The van der Waals surface area contributed by atoms with E-state index in [0.717, 1.165) is 6.07 Å². The topological polar surface area (TPSA) is 98.3 Å². The fraction of sp³-hybridized carbons (Fsp3) is 0. The van der Waals surface area contributed by atoms with Crippen molar-refractivity contribution in [2.75, 3.05) is 11.1 Å². The number of hydrogen-bond acceptors (Lipinski definition) is 4. The maximum atomic E-state index is 13.2. The molecule has 0 saturated carbocycles. The zero-order chi connectivity index (χ0) is 14.7. The molecule has 0 unspecified atom stereocenters. The summed E-state index contributed by atoms with van der Waals surface area (Å²) in [5.74, 6) is -1.21. The van der Waals surface area contributed by atoms with E-state index in [1.54, 1.807) is 0 Å². The van der Waals surface area contributed by atoms with Crippen molar-refractivity contribution in [2.45, 2.75) is 0 Å². The van der Waals surface area contributed by atoms with Crippen LogP contribution in [0.5, 0.6) is 0 Å². The van der Waals surface area contributed by atoms with Crippen LogP contribution in [0.15, 0.2) is 42.5 Å². The number of carbonyl (C=O) groups is 1. The molecular formula is C13H10FN3O3. The molecule has 102 valence electrons.